The van der Waals surface area contributed by atoms with E-state index in [-0.39, 0.29) is 6.04 Å². The minimum atomic E-state index is 0.0138. The molecule has 1 aliphatic rings. The summed E-state index contributed by atoms with van der Waals surface area (Å²) in [4.78, 5) is 0. The highest BCUT2D eigenvalue weighted by Gasteiger charge is 2.22. The number of hydrogen-bond acceptors (Lipinski definition) is 3. The van der Waals surface area contributed by atoms with Crippen molar-refractivity contribution in [1.29, 1.82) is 0 Å². The van der Waals surface area contributed by atoms with E-state index in [1.807, 2.05) is 12.1 Å². The lowest BCUT2D eigenvalue weighted by Crippen LogP contribution is -2.23. The molecule has 0 saturated carbocycles. The number of nitrogens with two attached hydrogens (primary N) is 1. The molecule has 1 aromatic carbocycles. The van der Waals surface area contributed by atoms with Crippen LogP contribution in [0.15, 0.2) is 12.1 Å². The highest BCUT2D eigenvalue weighted by atomic mass is 35.5. The molecule has 0 amide bonds. The van der Waals surface area contributed by atoms with Crippen molar-refractivity contribution in [2.75, 3.05) is 19.0 Å². The minimum Gasteiger partial charge on any atom is -0.495 e. The average molecular weight is 213 g/mol. The minimum absolute atomic E-state index is 0.0138. The van der Waals surface area contributed by atoms with Crippen molar-refractivity contribution in [3.05, 3.63) is 22.7 Å². The number of hydrogen-bond donors (Lipinski definition) is 2. The number of nitrogens with one attached hydrogen (secondary N) is 1. The number of methoxy groups -OCH3 is 1. The van der Waals surface area contributed by atoms with Crippen LogP contribution in [0.4, 0.5) is 5.69 Å². The Bertz CT molecular complexity index is 354. The van der Waals surface area contributed by atoms with E-state index in [1.165, 1.54) is 0 Å². The molecule has 76 valence electrons. The topological polar surface area (TPSA) is 47.3 Å². The van der Waals surface area contributed by atoms with Gasteiger partial charge in [-0.3, -0.25) is 0 Å². The summed E-state index contributed by atoms with van der Waals surface area (Å²) in [6, 6.07) is 3.78. The summed E-state index contributed by atoms with van der Waals surface area (Å²) in [5, 5.41) is 3.89. The van der Waals surface area contributed by atoms with E-state index in [0.29, 0.717) is 10.8 Å². The second-order valence-electron chi connectivity index (χ2n) is 3.36. The zero-order valence-electron chi connectivity index (χ0n) is 8.01. The monoisotopic (exact) mass is 212 g/mol. The van der Waals surface area contributed by atoms with Gasteiger partial charge in [-0.2, -0.15) is 0 Å². The smallest absolute Gasteiger partial charge is 0.144 e. The summed E-state index contributed by atoms with van der Waals surface area (Å²) in [7, 11) is 1.61. The molecule has 1 atom stereocenters. The first-order chi connectivity index (χ1) is 6.74. The molecular formula is C10H13ClN2O. The average Bonchev–Trinajstić information content (AvgIpc) is 2.19. The Morgan fingerprint density at radius 1 is 1.57 bits per heavy atom. The van der Waals surface area contributed by atoms with Crippen molar-refractivity contribution in [3.63, 3.8) is 0 Å². The number of rotatable bonds is 1. The Hall–Kier alpha value is -0.930. The first-order valence-corrected chi connectivity index (χ1v) is 4.97. The van der Waals surface area contributed by atoms with Crippen LogP contribution in [0.5, 0.6) is 5.75 Å². The highest BCUT2D eigenvalue weighted by molar-refractivity contribution is 6.32. The number of ether oxygens (including phenoxy) is 1. The Kier molecular flexibility index (Phi) is 2.52. The summed E-state index contributed by atoms with van der Waals surface area (Å²) >= 11 is 6.02. The zero-order chi connectivity index (χ0) is 10.1. The van der Waals surface area contributed by atoms with Crippen LogP contribution in [0.25, 0.3) is 0 Å². The maximum Gasteiger partial charge on any atom is 0.144 e. The van der Waals surface area contributed by atoms with Crippen molar-refractivity contribution in [1.82, 2.24) is 0 Å². The maximum absolute atomic E-state index is 6.02. The normalized spacial score (nSPS) is 19.8. The lowest BCUT2D eigenvalue weighted by Gasteiger charge is -2.26. The molecule has 4 heteroatoms. The van der Waals surface area contributed by atoms with Crippen LogP contribution in [0.2, 0.25) is 5.02 Å². The zero-order valence-corrected chi connectivity index (χ0v) is 8.77. The van der Waals surface area contributed by atoms with Crippen LogP contribution in [0.1, 0.15) is 18.0 Å². The molecular weight excluding hydrogens is 200 g/mol. The van der Waals surface area contributed by atoms with Crippen molar-refractivity contribution < 1.29 is 4.74 Å². The van der Waals surface area contributed by atoms with Gasteiger partial charge in [-0.05, 0) is 18.6 Å². The predicted molar refractivity (Wildman–Crippen MR) is 58.0 cm³/mol. The van der Waals surface area contributed by atoms with Crippen molar-refractivity contribution >= 4 is 17.3 Å². The van der Waals surface area contributed by atoms with Gasteiger partial charge in [0.2, 0.25) is 0 Å². The van der Waals surface area contributed by atoms with E-state index in [0.717, 1.165) is 24.2 Å². The summed E-state index contributed by atoms with van der Waals surface area (Å²) < 4.78 is 5.26. The Labute approximate surface area is 88.2 Å². The molecule has 14 heavy (non-hydrogen) atoms. The lowest BCUT2D eigenvalue weighted by molar-refractivity contribution is 0.404. The quantitative estimate of drug-likeness (QED) is 0.750. The van der Waals surface area contributed by atoms with E-state index in [2.05, 4.69) is 5.32 Å². The Balaban J connectivity index is 2.57. The molecule has 0 spiro atoms. The molecule has 0 fully saturated rings. The molecule has 1 unspecified atom stereocenters. The van der Waals surface area contributed by atoms with Crippen LogP contribution in [-0.2, 0) is 0 Å². The van der Waals surface area contributed by atoms with Gasteiger partial charge in [-0.1, -0.05) is 11.6 Å². The predicted octanol–water partition coefficient (Wildman–Crippen LogP) is 2.16. The molecule has 3 nitrogen and oxygen atoms in total. The maximum atomic E-state index is 6.02. The number of anilines is 1. The SMILES string of the molecule is COc1c(Cl)ccc2c1C(N)CCN2. The fourth-order valence-corrected chi connectivity index (χ4v) is 2.05. The van der Waals surface area contributed by atoms with Gasteiger partial charge in [0.1, 0.15) is 5.75 Å². The molecule has 0 aliphatic carbocycles. The van der Waals surface area contributed by atoms with Gasteiger partial charge in [-0.25, -0.2) is 0 Å². The highest BCUT2D eigenvalue weighted by Crippen LogP contribution is 2.40. The number of fused-ring (bicyclic) bond motifs is 1. The van der Waals surface area contributed by atoms with Gasteiger partial charge in [0.25, 0.3) is 0 Å². The van der Waals surface area contributed by atoms with E-state index in [4.69, 9.17) is 22.1 Å². The van der Waals surface area contributed by atoms with Gasteiger partial charge in [0.05, 0.1) is 12.1 Å². The first-order valence-electron chi connectivity index (χ1n) is 4.60. The standard InChI is InChI=1S/C10H13ClN2O/c1-14-10-6(11)2-3-8-9(10)7(12)4-5-13-8/h2-3,7,13H,4-5,12H2,1H3. The second kappa shape index (κ2) is 3.67. The van der Waals surface area contributed by atoms with E-state index in [1.54, 1.807) is 7.11 Å². The lowest BCUT2D eigenvalue weighted by atomic mass is 9.98. The first kappa shape index (κ1) is 9.62. The second-order valence-corrected chi connectivity index (χ2v) is 3.77. The van der Waals surface area contributed by atoms with Gasteiger partial charge >= 0.3 is 0 Å². The van der Waals surface area contributed by atoms with Gasteiger partial charge in [-0.15, -0.1) is 0 Å². The summed E-state index contributed by atoms with van der Waals surface area (Å²) in [5.74, 6) is 0.698. The van der Waals surface area contributed by atoms with Crippen LogP contribution < -0.4 is 15.8 Å². The molecule has 3 N–H and O–H groups in total. The third-order valence-electron chi connectivity index (χ3n) is 2.49. The van der Waals surface area contributed by atoms with Gasteiger partial charge in [0.15, 0.2) is 0 Å². The summed E-state index contributed by atoms with van der Waals surface area (Å²) in [6.45, 7) is 0.902. The van der Waals surface area contributed by atoms with E-state index >= 15 is 0 Å². The molecule has 0 radical (unpaired) electrons. The summed E-state index contributed by atoms with van der Waals surface area (Å²) in [5.41, 5.74) is 8.04. The van der Waals surface area contributed by atoms with Crippen LogP contribution >= 0.6 is 11.6 Å². The molecule has 0 aromatic heterocycles. The molecule has 1 aliphatic heterocycles. The third kappa shape index (κ3) is 1.42. The number of halogens is 1. The number of benzene rings is 1. The summed E-state index contributed by atoms with van der Waals surface area (Å²) in [6.07, 6.45) is 0.906. The van der Waals surface area contributed by atoms with Gasteiger partial charge < -0.3 is 15.8 Å². The van der Waals surface area contributed by atoms with Crippen molar-refractivity contribution in [3.8, 4) is 5.75 Å². The van der Waals surface area contributed by atoms with Crippen molar-refractivity contribution in [2.24, 2.45) is 5.73 Å². The fourth-order valence-electron chi connectivity index (χ4n) is 1.81. The fraction of sp³-hybridized carbons (Fsp3) is 0.400. The molecule has 0 saturated heterocycles. The van der Waals surface area contributed by atoms with Crippen molar-refractivity contribution in [2.45, 2.75) is 12.5 Å². The molecule has 2 rings (SSSR count). The molecule has 1 heterocycles. The van der Waals surface area contributed by atoms with E-state index < -0.39 is 0 Å². The van der Waals surface area contributed by atoms with Crippen LogP contribution in [-0.4, -0.2) is 13.7 Å². The van der Waals surface area contributed by atoms with Crippen LogP contribution in [0.3, 0.4) is 0 Å². The largest absolute Gasteiger partial charge is 0.495 e. The Morgan fingerprint density at radius 2 is 2.36 bits per heavy atom. The van der Waals surface area contributed by atoms with Gasteiger partial charge in [0, 0.05) is 23.8 Å². The Morgan fingerprint density at radius 3 is 3.07 bits per heavy atom. The van der Waals surface area contributed by atoms with Crippen LogP contribution in [0, 0.1) is 0 Å². The third-order valence-corrected chi connectivity index (χ3v) is 2.79. The van der Waals surface area contributed by atoms with E-state index in [9.17, 15) is 0 Å². The molecule has 1 aromatic rings. The molecule has 0 bridgehead atoms.